The topological polar surface area (TPSA) is 72.3 Å². The summed E-state index contributed by atoms with van der Waals surface area (Å²) in [6.07, 6.45) is 1.37. The summed E-state index contributed by atoms with van der Waals surface area (Å²) in [7, 11) is 0. The molecule has 0 fully saturated rings. The van der Waals surface area contributed by atoms with Crippen LogP contribution in [0.4, 0.5) is 0 Å². The number of aromatic nitrogens is 2. The van der Waals surface area contributed by atoms with Gasteiger partial charge in [0, 0.05) is 6.20 Å². The second kappa shape index (κ2) is 5.52. The summed E-state index contributed by atoms with van der Waals surface area (Å²) in [5.74, 6) is -0.493. The molecule has 0 amide bonds. The Kier molecular flexibility index (Phi) is 3.93. The summed E-state index contributed by atoms with van der Waals surface area (Å²) in [5, 5.41) is 8.91. The van der Waals surface area contributed by atoms with E-state index >= 15 is 0 Å². The van der Waals surface area contributed by atoms with Crippen LogP contribution in [0.1, 0.15) is 42.4 Å². The number of carboxylic acid groups (broad SMARTS) is 1. The predicted octanol–water partition coefficient (Wildman–Crippen LogP) is 3.57. The van der Waals surface area contributed by atoms with Crippen LogP contribution in [0.5, 0.6) is 11.8 Å². The highest BCUT2D eigenvalue weighted by Gasteiger charge is 2.15. The van der Waals surface area contributed by atoms with Gasteiger partial charge in [-0.05, 0) is 35.6 Å². The van der Waals surface area contributed by atoms with E-state index < -0.39 is 5.97 Å². The van der Waals surface area contributed by atoms with Crippen molar-refractivity contribution in [1.82, 2.24) is 9.97 Å². The van der Waals surface area contributed by atoms with Gasteiger partial charge in [0.2, 0.25) is 0 Å². The van der Waals surface area contributed by atoms with Crippen LogP contribution in [0.15, 0.2) is 30.5 Å². The number of hydrogen-bond acceptors (Lipinski definition) is 4. The van der Waals surface area contributed by atoms with E-state index in [2.05, 4.69) is 36.8 Å². The minimum atomic E-state index is -1.11. The van der Waals surface area contributed by atoms with Gasteiger partial charge >= 0.3 is 12.0 Å². The van der Waals surface area contributed by atoms with E-state index in [1.807, 2.05) is 19.1 Å². The molecule has 21 heavy (non-hydrogen) atoms. The molecule has 110 valence electrons. The first-order valence-electron chi connectivity index (χ1n) is 6.63. The van der Waals surface area contributed by atoms with Crippen molar-refractivity contribution < 1.29 is 14.6 Å². The molecule has 0 bridgehead atoms. The monoisotopic (exact) mass is 286 g/mol. The molecule has 0 unspecified atom stereocenters. The first kappa shape index (κ1) is 15.0. The molecule has 1 aromatic carbocycles. The fourth-order valence-electron chi connectivity index (χ4n) is 1.84. The summed E-state index contributed by atoms with van der Waals surface area (Å²) in [4.78, 5) is 18.7. The van der Waals surface area contributed by atoms with Gasteiger partial charge in [0.25, 0.3) is 0 Å². The minimum Gasteiger partial charge on any atom is -0.477 e. The molecular formula is C16H18N2O3. The lowest BCUT2D eigenvalue weighted by Gasteiger charge is -2.20. The number of carbonyl (C=O) groups is 1. The van der Waals surface area contributed by atoms with Crippen molar-refractivity contribution in [3.05, 3.63) is 47.3 Å². The molecule has 5 heteroatoms. The highest BCUT2D eigenvalue weighted by atomic mass is 16.5. The van der Waals surface area contributed by atoms with Crippen LogP contribution >= 0.6 is 0 Å². The number of nitrogens with zero attached hydrogens (tertiary/aromatic N) is 2. The van der Waals surface area contributed by atoms with Crippen molar-refractivity contribution >= 4 is 5.97 Å². The molecule has 1 heterocycles. The zero-order valence-electron chi connectivity index (χ0n) is 12.5. The van der Waals surface area contributed by atoms with E-state index in [0.717, 1.165) is 5.56 Å². The molecule has 1 N–H and O–H groups in total. The van der Waals surface area contributed by atoms with Gasteiger partial charge in [-0.15, -0.1) is 0 Å². The summed E-state index contributed by atoms with van der Waals surface area (Å²) in [6, 6.07) is 7.25. The Balaban J connectivity index is 2.28. The first-order valence-corrected chi connectivity index (χ1v) is 6.63. The molecule has 0 aliphatic rings. The van der Waals surface area contributed by atoms with Gasteiger partial charge in [-0.3, -0.25) is 0 Å². The van der Waals surface area contributed by atoms with Crippen molar-refractivity contribution in [1.29, 1.82) is 0 Å². The summed E-state index contributed by atoms with van der Waals surface area (Å²) in [6.45, 7) is 8.36. The maximum Gasteiger partial charge on any atom is 0.354 e. The van der Waals surface area contributed by atoms with Crippen LogP contribution in [0.25, 0.3) is 0 Å². The zero-order chi connectivity index (χ0) is 15.6. The van der Waals surface area contributed by atoms with Gasteiger partial charge in [0.15, 0.2) is 5.69 Å². The van der Waals surface area contributed by atoms with E-state index in [9.17, 15) is 4.79 Å². The quantitative estimate of drug-likeness (QED) is 0.933. The van der Waals surface area contributed by atoms with E-state index in [1.165, 1.54) is 17.8 Å². The maximum atomic E-state index is 10.9. The average molecular weight is 286 g/mol. The van der Waals surface area contributed by atoms with Gasteiger partial charge < -0.3 is 9.84 Å². The van der Waals surface area contributed by atoms with Crippen LogP contribution in [-0.2, 0) is 5.41 Å². The maximum absolute atomic E-state index is 10.9. The third-order valence-electron chi connectivity index (χ3n) is 3.09. The third kappa shape index (κ3) is 3.56. The number of aryl methyl sites for hydroxylation is 1. The van der Waals surface area contributed by atoms with Crippen molar-refractivity contribution in [3.63, 3.8) is 0 Å². The normalized spacial score (nSPS) is 11.2. The third-order valence-corrected chi connectivity index (χ3v) is 3.09. The number of carboxylic acids is 1. The number of aromatic carboxylic acids is 1. The lowest BCUT2D eigenvalue weighted by molar-refractivity contribution is 0.0689. The fourth-order valence-corrected chi connectivity index (χ4v) is 1.84. The summed E-state index contributed by atoms with van der Waals surface area (Å²) < 4.78 is 5.58. The van der Waals surface area contributed by atoms with Gasteiger partial charge in [0.05, 0.1) is 0 Å². The lowest BCUT2D eigenvalue weighted by Crippen LogP contribution is -2.11. The molecule has 0 aliphatic carbocycles. The molecular weight excluding hydrogens is 268 g/mol. The number of rotatable bonds is 3. The predicted molar refractivity (Wildman–Crippen MR) is 78.9 cm³/mol. The smallest absolute Gasteiger partial charge is 0.354 e. The molecule has 0 atom stereocenters. The number of ether oxygens (including phenoxy) is 1. The van der Waals surface area contributed by atoms with Crippen LogP contribution in [0, 0.1) is 6.92 Å². The van der Waals surface area contributed by atoms with Crippen molar-refractivity contribution in [2.75, 3.05) is 0 Å². The molecule has 2 aromatic rings. The van der Waals surface area contributed by atoms with E-state index in [1.54, 1.807) is 0 Å². The first-order chi connectivity index (χ1) is 9.77. The van der Waals surface area contributed by atoms with Gasteiger partial charge in [-0.25, -0.2) is 9.78 Å². The van der Waals surface area contributed by atoms with Gasteiger partial charge in [-0.1, -0.05) is 32.9 Å². The fraction of sp³-hybridized carbons (Fsp3) is 0.312. The molecule has 0 saturated carbocycles. The number of hydrogen-bond donors (Lipinski definition) is 1. The standard InChI is InChI=1S/C16H18N2O3/c1-10-9-11(16(2,3)4)5-6-13(10)21-15-17-8-7-12(18-15)14(19)20/h5-9H,1-4H3,(H,19,20). The Hall–Kier alpha value is -2.43. The molecule has 0 spiro atoms. The highest BCUT2D eigenvalue weighted by Crippen LogP contribution is 2.29. The second-order valence-electron chi connectivity index (χ2n) is 5.86. The number of benzene rings is 1. The van der Waals surface area contributed by atoms with Crippen LogP contribution in [0.2, 0.25) is 0 Å². The molecule has 2 rings (SSSR count). The van der Waals surface area contributed by atoms with Crippen LogP contribution in [-0.4, -0.2) is 21.0 Å². The SMILES string of the molecule is Cc1cc(C(C)(C)C)ccc1Oc1nccc(C(=O)O)n1. The van der Waals surface area contributed by atoms with Gasteiger partial charge in [0.1, 0.15) is 5.75 Å². The lowest BCUT2D eigenvalue weighted by atomic mass is 9.86. The second-order valence-corrected chi connectivity index (χ2v) is 5.86. The van der Waals surface area contributed by atoms with E-state index in [-0.39, 0.29) is 17.1 Å². The summed E-state index contributed by atoms with van der Waals surface area (Å²) in [5.41, 5.74) is 2.12. The molecule has 0 aliphatic heterocycles. The highest BCUT2D eigenvalue weighted by molar-refractivity contribution is 5.85. The van der Waals surface area contributed by atoms with E-state index in [0.29, 0.717) is 5.75 Å². The zero-order valence-corrected chi connectivity index (χ0v) is 12.5. The van der Waals surface area contributed by atoms with Crippen molar-refractivity contribution in [2.24, 2.45) is 0 Å². The largest absolute Gasteiger partial charge is 0.477 e. The summed E-state index contributed by atoms with van der Waals surface area (Å²) >= 11 is 0. The van der Waals surface area contributed by atoms with Gasteiger partial charge in [-0.2, -0.15) is 4.98 Å². The van der Waals surface area contributed by atoms with Crippen molar-refractivity contribution in [2.45, 2.75) is 33.1 Å². The Morgan fingerprint density at radius 1 is 1.24 bits per heavy atom. The Labute approximate surface area is 123 Å². The Bertz CT molecular complexity index is 675. The molecule has 0 radical (unpaired) electrons. The Morgan fingerprint density at radius 2 is 1.95 bits per heavy atom. The minimum absolute atomic E-state index is 0.0292. The molecule has 0 saturated heterocycles. The molecule has 1 aromatic heterocycles. The average Bonchev–Trinajstić information content (AvgIpc) is 2.40. The molecule has 5 nitrogen and oxygen atoms in total. The van der Waals surface area contributed by atoms with E-state index in [4.69, 9.17) is 9.84 Å². The van der Waals surface area contributed by atoms with Crippen LogP contribution in [0.3, 0.4) is 0 Å². The Morgan fingerprint density at radius 3 is 2.52 bits per heavy atom. The van der Waals surface area contributed by atoms with Crippen molar-refractivity contribution in [3.8, 4) is 11.8 Å². The van der Waals surface area contributed by atoms with Crippen LogP contribution < -0.4 is 4.74 Å².